The Hall–Kier alpha value is -2.61. The van der Waals surface area contributed by atoms with E-state index >= 15 is 0 Å². The molecule has 0 saturated carbocycles. The van der Waals surface area contributed by atoms with E-state index in [2.05, 4.69) is 26.6 Å². The van der Waals surface area contributed by atoms with Crippen molar-refractivity contribution in [2.75, 3.05) is 10.2 Å². The first-order chi connectivity index (χ1) is 15.8. The molecule has 2 heterocycles. The van der Waals surface area contributed by atoms with Crippen molar-refractivity contribution in [2.24, 2.45) is 5.92 Å². The van der Waals surface area contributed by atoms with Gasteiger partial charge in [0, 0.05) is 26.4 Å². The number of rotatable bonds is 3. The number of hydrogen-bond acceptors (Lipinski definition) is 3. The molecule has 5 rings (SSSR count). The maximum atomic E-state index is 13.8. The van der Waals surface area contributed by atoms with Gasteiger partial charge in [-0.25, -0.2) is 0 Å². The first-order valence-corrected chi connectivity index (χ1v) is 12.1. The maximum absolute atomic E-state index is 13.8. The Morgan fingerprint density at radius 2 is 1.94 bits per heavy atom. The molecule has 0 radical (unpaired) electrons. The van der Waals surface area contributed by atoms with E-state index in [1.165, 1.54) is 0 Å². The summed E-state index contributed by atoms with van der Waals surface area (Å²) in [6, 6.07) is 20.5. The summed E-state index contributed by atoms with van der Waals surface area (Å²) in [7, 11) is 0. The number of carbonyl (C=O) groups excluding carboxylic acids is 1. The summed E-state index contributed by atoms with van der Waals surface area (Å²) in [5, 5.41) is 7.58. The van der Waals surface area contributed by atoms with Crippen LogP contribution in [0.25, 0.3) is 0 Å². The molecule has 2 aliphatic heterocycles. The molecule has 2 aliphatic rings. The highest BCUT2D eigenvalue weighted by molar-refractivity contribution is 9.10. The number of ether oxygens (including phenoxy) is 1. The third-order valence-corrected chi connectivity index (χ3v) is 7.16. The van der Waals surface area contributed by atoms with Crippen LogP contribution in [0.1, 0.15) is 24.1 Å². The number of carbonyl (C=O) groups is 1. The number of aryl methyl sites for hydroxylation is 1. The molecule has 0 unspecified atom stereocenters. The molecule has 3 aromatic carbocycles. The van der Waals surface area contributed by atoms with E-state index in [1.54, 1.807) is 24.3 Å². The summed E-state index contributed by atoms with van der Waals surface area (Å²) < 4.78 is 7.52. The van der Waals surface area contributed by atoms with E-state index in [0.29, 0.717) is 15.8 Å². The molecule has 0 aromatic heterocycles. The van der Waals surface area contributed by atoms with Gasteiger partial charge in [-0.2, -0.15) is 0 Å². The molecular weight excluding hydrogens is 522 g/mol. The lowest BCUT2D eigenvalue weighted by atomic mass is 9.78. The number of nitrogens with zero attached hydrogens (tertiary/aromatic N) is 1. The summed E-state index contributed by atoms with van der Waals surface area (Å²) in [6.45, 7) is 3.94. The van der Waals surface area contributed by atoms with Gasteiger partial charge in [-0.1, -0.05) is 51.3 Å². The summed E-state index contributed by atoms with van der Waals surface area (Å²) >= 11 is 15.4. The normalized spacial score (nSPS) is 23.3. The molecule has 168 valence electrons. The average Bonchev–Trinajstić information content (AvgIpc) is 2.75. The van der Waals surface area contributed by atoms with Gasteiger partial charge in [-0.3, -0.25) is 9.69 Å². The number of anilines is 2. The van der Waals surface area contributed by atoms with Crippen LogP contribution in [-0.2, 0) is 4.79 Å². The second-order valence-electron chi connectivity index (χ2n) is 8.41. The van der Waals surface area contributed by atoms with E-state index in [0.717, 1.165) is 27.0 Å². The molecule has 0 aliphatic carbocycles. The predicted molar refractivity (Wildman–Crippen MR) is 139 cm³/mol. The Morgan fingerprint density at radius 3 is 2.67 bits per heavy atom. The Kier molecular flexibility index (Phi) is 5.59. The fourth-order valence-corrected chi connectivity index (χ4v) is 5.59. The average molecular weight is 543 g/mol. The van der Waals surface area contributed by atoms with Crippen molar-refractivity contribution in [1.82, 2.24) is 5.32 Å². The van der Waals surface area contributed by atoms with Gasteiger partial charge in [0.1, 0.15) is 11.7 Å². The summed E-state index contributed by atoms with van der Waals surface area (Å²) in [5.41, 5.74) is 2.42. The lowest BCUT2D eigenvalue weighted by Gasteiger charge is -2.56. The van der Waals surface area contributed by atoms with Gasteiger partial charge in [0.25, 0.3) is 0 Å². The van der Waals surface area contributed by atoms with E-state index in [1.807, 2.05) is 61.2 Å². The second kappa shape index (κ2) is 8.31. The number of benzene rings is 3. The van der Waals surface area contributed by atoms with Crippen LogP contribution in [0.3, 0.4) is 0 Å². The molecule has 1 saturated heterocycles. The highest BCUT2D eigenvalue weighted by atomic mass is 79.9. The van der Waals surface area contributed by atoms with Gasteiger partial charge in [-0.15, -0.1) is 0 Å². The molecule has 2 bridgehead atoms. The third kappa shape index (κ3) is 3.88. The summed E-state index contributed by atoms with van der Waals surface area (Å²) in [5.74, 6) is -0.0428. The smallest absolute Gasteiger partial charge is 0.236 e. The van der Waals surface area contributed by atoms with E-state index in [-0.39, 0.29) is 11.9 Å². The van der Waals surface area contributed by atoms with Crippen molar-refractivity contribution < 1.29 is 9.53 Å². The maximum Gasteiger partial charge on any atom is 0.236 e. The minimum Gasteiger partial charge on any atom is -0.467 e. The van der Waals surface area contributed by atoms with Gasteiger partial charge < -0.3 is 15.4 Å². The number of halogens is 2. The first-order valence-electron chi connectivity index (χ1n) is 10.5. The lowest BCUT2D eigenvalue weighted by Crippen LogP contribution is -2.72. The fourth-order valence-electron chi connectivity index (χ4n) is 4.66. The molecule has 33 heavy (non-hydrogen) atoms. The van der Waals surface area contributed by atoms with Crippen molar-refractivity contribution >= 4 is 62.1 Å². The highest BCUT2D eigenvalue weighted by Crippen LogP contribution is 2.50. The number of hydrogen-bond donors (Lipinski definition) is 2. The number of fused-ring (bicyclic) bond motifs is 4. The molecule has 3 atom stereocenters. The van der Waals surface area contributed by atoms with E-state index in [9.17, 15) is 4.79 Å². The standard InChI is InChI=1S/C25H21BrClN3O2S/c1-14-6-11-20-19(12-14)22-21(23(31)28-17-9-7-16(27)8-10-17)25(2,32-20)30(24(33)29-22)18-5-3-4-15(26)13-18/h3-13,21-22H,1-2H3,(H,28,31)(H,29,33)/t21-,22-,25+/m1/s1. The zero-order valence-electron chi connectivity index (χ0n) is 17.9. The Bertz CT molecular complexity index is 1270. The predicted octanol–water partition coefficient (Wildman–Crippen LogP) is 6.21. The monoisotopic (exact) mass is 541 g/mol. The molecule has 3 aromatic rings. The molecule has 8 heteroatoms. The fraction of sp³-hybridized carbons (Fsp3) is 0.200. The van der Waals surface area contributed by atoms with Gasteiger partial charge >= 0.3 is 0 Å². The lowest BCUT2D eigenvalue weighted by molar-refractivity contribution is -0.130. The van der Waals surface area contributed by atoms with Gasteiger partial charge in [0.2, 0.25) is 5.91 Å². The zero-order valence-corrected chi connectivity index (χ0v) is 21.1. The minimum atomic E-state index is -1.06. The molecule has 5 nitrogen and oxygen atoms in total. The number of amides is 1. The molecule has 1 fully saturated rings. The van der Waals surface area contributed by atoms with E-state index in [4.69, 9.17) is 28.6 Å². The second-order valence-corrected chi connectivity index (χ2v) is 10.2. The van der Waals surface area contributed by atoms with Crippen LogP contribution in [0, 0.1) is 12.8 Å². The Morgan fingerprint density at radius 1 is 1.18 bits per heavy atom. The van der Waals surface area contributed by atoms with Gasteiger partial charge in [0.15, 0.2) is 10.8 Å². The summed E-state index contributed by atoms with van der Waals surface area (Å²) in [4.78, 5) is 15.7. The van der Waals surface area contributed by atoms with Crippen LogP contribution >= 0.6 is 39.7 Å². The largest absolute Gasteiger partial charge is 0.467 e. The summed E-state index contributed by atoms with van der Waals surface area (Å²) in [6.07, 6.45) is 0. The quantitative estimate of drug-likeness (QED) is 0.386. The topological polar surface area (TPSA) is 53.6 Å². The van der Waals surface area contributed by atoms with Gasteiger partial charge in [-0.05, 0) is 74.6 Å². The van der Waals surface area contributed by atoms with Crippen LogP contribution in [0.4, 0.5) is 11.4 Å². The Labute approximate surface area is 211 Å². The van der Waals surface area contributed by atoms with Crippen LogP contribution in [0.5, 0.6) is 5.75 Å². The highest BCUT2D eigenvalue weighted by Gasteiger charge is 2.59. The SMILES string of the molecule is Cc1ccc2c(c1)[C@H]1NC(=S)N(c3cccc(Br)c3)[C@@](C)(O2)[C@H]1C(=O)Nc1ccc(Cl)cc1. The minimum absolute atomic E-state index is 0.174. The zero-order chi connectivity index (χ0) is 23.3. The van der Waals surface area contributed by atoms with Crippen molar-refractivity contribution in [3.8, 4) is 5.75 Å². The Balaban J connectivity index is 1.63. The molecule has 0 spiro atoms. The third-order valence-electron chi connectivity index (χ3n) is 6.11. The van der Waals surface area contributed by atoms with E-state index < -0.39 is 11.6 Å². The van der Waals surface area contributed by atoms with Crippen molar-refractivity contribution in [3.63, 3.8) is 0 Å². The van der Waals surface area contributed by atoms with Crippen molar-refractivity contribution in [1.29, 1.82) is 0 Å². The first kappa shape index (κ1) is 22.2. The molecule has 1 amide bonds. The number of thiocarbonyl (C=S) groups is 1. The van der Waals surface area contributed by atoms with Crippen LogP contribution < -0.4 is 20.3 Å². The molecular formula is C25H21BrClN3O2S. The van der Waals surface area contributed by atoms with Crippen LogP contribution in [0.2, 0.25) is 5.02 Å². The molecule has 2 N–H and O–H groups in total. The number of nitrogens with one attached hydrogen (secondary N) is 2. The van der Waals surface area contributed by atoms with Crippen molar-refractivity contribution in [2.45, 2.75) is 25.6 Å². The van der Waals surface area contributed by atoms with Crippen LogP contribution in [-0.4, -0.2) is 16.7 Å². The van der Waals surface area contributed by atoms with Crippen LogP contribution in [0.15, 0.2) is 71.2 Å². The van der Waals surface area contributed by atoms with Crippen molar-refractivity contribution in [3.05, 3.63) is 87.4 Å². The van der Waals surface area contributed by atoms with Gasteiger partial charge in [0.05, 0.1) is 6.04 Å².